The Bertz CT molecular complexity index is 787. The largest absolute Gasteiger partial charge is 0.450 e. The molecule has 1 saturated heterocycles. The average molecular weight is 522 g/mol. The van der Waals surface area contributed by atoms with Gasteiger partial charge in [-0.05, 0) is 52.3 Å². The van der Waals surface area contributed by atoms with E-state index < -0.39 is 30.6 Å². The number of carbonyl (C=O) groups excluding carboxylic acids is 2. The van der Waals surface area contributed by atoms with Crippen LogP contribution in [0.5, 0.6) is 0 Å². The first-order valence-electron chi connectivity index (χ1n) is 11.7. The fraction of sp³-hybridized carbons (Fsp3) is 0.739. The van der Waals surface area contributed by atoms with E-state index in [0.717, 1.165) is 25.1 Å². The van der Waals surface area contributed by atoms with E-state index in [-0.39, 0.29) is 18.2 Å². The molecule has 0 aromatic rings. The molecule has 202 valence electrons. The van der Waals surface area contributed by atoms with Crippen LogP contribution in [0.15, 0.2) is 22.5 Å². The Kier molecular flexibility index (Phi) is 13.0. The van der Waals surface area contributed by atoms with Crippen molar-refractivity contribution in [2.45, 2.75) is 84.6 Å². The lowest BCUT2D eigenvalue weighted by Crippen LogP contribution is -2.37. The maximum Gasteiger partial charge on any atom is 0.336 e. The van der Waals surface area contributed by atoms with E-state index in [1.54, 1.807) is 13.8 Å². The summed E-state index contributed by atoms with van der Waals surface area (Å²) in [6.07, 6.45) is -0.524. The first-order chi connectivity index (χ1) is 16.6. The van der Waals surface area contributed by atoms with Crippen LogP contribution in [0.3, 0.4) is 0 Å². The van der Waals surface area contributed by atoms with Crippen LogP contribution < -0.4 is 15.9 Å². The van der Waals surface area contributed by atoms with Crippen LogP contribution in [-0.2, 0) is 28.5 Å². The molecule has 0 aromatic carbocycles. The Morgan fingerprint density at radius 1 is 1.03 bits per heavy atom. The van der Waals surface area contributed by atoms with Crippen LogP contribution in [0.25, 0.3) is 0 Å². The van der Waals surface area contributed by atoms with Crippen LogP contribution >= 0.6 is 11.8 Å². The fourth-order valence-corrected chi connectivity index (χ4v) is 3.65. The highest BCUT2D eigenvalue weighted by Crippen LogP contribution is 2.32. The summed E-state index contributed by atoms with van der Waals surface area (Å²) < 4.78 is 21.6. The zero-order valence-corrected chi connectivity index (χ0v) is 22.1. The molecule has 4 atom stereocenters. The molecule has 0 aliphatic carbocycles. The Morgan fingerprint density at radius 2 is 1.54 bits per heavy atom. The van der Waals surface area contributed by atoms with Gasteiger partial charge < -0.3 is 39.8 Å². The summed E-state index contributed by atoms with van der Waals surface area (Å²) in [5.41, 5.74) is 2.54. The van der Waals surface area contributed by atoms with Crippen molar-refractivity contribution in [3.8, 4) is 0 Å². The minimum atomic E-state index is -1.06. The van der Waals surface area contributed by atoms with E-state index in [1.165, 1.54) is 0 Å². The van der Waals surface area contributed by atoms with Gasteiger partial charge in [0.15, 0.2) is 18.0 Å². The number of hydrogen-bond donors (Lipinski definition) is 5. The molecule has 0 amide bonds. The van der Waals surface area contributed by atoms with Crippen LogP contribution in [-0.4, -0.2) is 78.7 Å². The van der Waals surface area contributed by atoms with E-state index in [2.05, 4.69) is 34.6 Å². The van der Waals surface area contributed by atoms with Gasteiger partial charge in [-0.2, -0.15) is 0 Å². The smallest absolute Gasteiger partial charge is 0.336 e. The third kappa shape index (κ3) is 8.33. The molecule has 11 nitrogen and oxygen atoms in total. The predicted molar refractivity (Wildman–Crippen MR) is 130 cm³/mol. The summed E-state index contributed by atoms with van der Waals surface area (Å²) in [7, 11) is 0. The van der Waals surface area contributed by atoms with Crippen LogP contribution in [0.1, 0.15) is 54.4 Å². The van der Waals surface area contributed by atoms with Gasteiger partial charge in [0.1, 0.15) is 12.2 Å². The number of esters is 2. The first-order valence-corrected chi connectivity index (χ1v) is 12.1. The fourth-order valence-electron chi connectivity index (χ4n) is 3.65. The number of carbonyl (C=O) groups is 2. The lowest BCUT2D eigenvalue weighted by molar-refractivity contribution is -0.161. The zero-order valence-electron chi connectivity index (χ0n) is 21.4. The molecule has 0 saturated carbocycles. The second-order valence-corrected chi connectivity index (χ2v) is 8.70. The Balaban J connectivity index is 0.000000332. The van der Waals surface area contributed by atoms with Gasteiger partial charge in [-0.15, -0.1) is 0 Å². The summed E-state index contributed by atoms with van der Waals surface area (Å²) in [6, 6.07) is 0. The van der Waals surface area contributed by atoms with Crippen molar-refractivity contribution < 1.29 is 38.7 Å². The monoisotopic (exact) mass is 521 g/mol. The van der Waals surface area contributed by atoms with Gasteiger partial charge in [-0.3, -0.25) is 0 Å². The van der Waals surface area contributed by atoms with Crippen LogP contribution in [0.4, 0.5) is 0 Å². The number of aliphatic hydroxyl groups excluding tert-OH is 2. The van der Waals surface area contributed by atoms with Crippen molar-refractivity contribution in [2.75, 3.05) is 26.3 Å². The standard InChI is InChI=1S/C13H21NO4.C10H17NO4.ClH2N/c1-5-6-14-10-8(2)12(15)17-11(10)9-7-16-13(3,4)18-9;1-3-4-11-8-6(2)10(14)15-9(8)7(13)5-12;1-2/h9,11,14H,5-7H2,1-4H3;7,9,11-13H,3-5H2,1-2H3;2H2/t9-,11+;7-,9+;/m00./s1. The SMILES string of the molecule is CCCNC1=C(C)C(=O)O[C@@H]1[C@@H](O)CO.CCCNC1=C(C)C(=O)O[C@@H]1[C@@H]1COC(C)(C)O1.NCl. The molecule has 0 unspecified atom stereocenters. The predicted octanol–water partition coefficient (Wildman–Crippen LogP) is 0.974. The van der Waals surface area contributed by atoms with E-state index in [0.29, 0.717) is 30.0 Å². The van der Waals surface area contributed by atoms with Crippen molar-refractivity contribution >= 4 is 23.7 Å². The third-order valence-electron chi connectivity index (χ3n) is 5.49. The topological polar surface area (TPSA) is 162 Å². The first kappa shape index (κ1) is 31.1. The van der Waals surface area contributed by atoms with Gasteiger partial charge >= 0.3 is 11.9 Å². The van der Waals surface area contributed by atoms with E-state index in [1.807, 2.05) is 20.8 Å². The summed E-state index contributed by atoms with van der Waals surface area (Å²) >= 11 is 4.14. The van der Waals surface area contributed by atoms with Crippen molar-refractivity contribution in [3.05, 3.63) is 22.5 Å². The number of rotatable bonds is 9. The number of aliphatic hydroxyl groups is 2. The highest BCUT2D eigenvalue weighted by Gasteiger charge is 2.44. The Hall–Kier alpha value is -1.89. The van der Waals surface area contributed by atoms with Gasteiger partial charge in [0.05, 0.1) is 35.8 Å². The van der Waals surface area contributed by atoms with Crippen molar-refractivity contribution in [1.82, 2.24) is 10.6 Å². The highest BCUT2D eigenvalue weighted by molar-refractivity contribution is 6.11. The molecule has 12 heteroatoms. The van der Waals surface area contributed by atoms with Crippen LogP contribution in [0.2, 0.25) is 0 Å². The van der Waals surface area contributed by atoms with Crippen molar-refractivity contribution in [2.24, 2.45) is 5.25 Å². The normalized spacial score (nSPS) is 25.8. The minimum absolute atomic E-state index is 0.235. The molecule has 0 radical (unpaired) electrons. The van der Waals surface area contributed by atoms with Crippen molar-refractivity contribution in [3.63, 3.8) is 0 Å². The van der Waals surface area contributed by atoms with Gasteiger partial charge in [-0.1, -0.05) is 13.8 Å². The molecule has 3 heterocycles. The highest BCUT2D eigenvalue weighted by atomic mass is 35.5. The summed E-state index contributed by atoms with van der Waals surface area (Å²) in [5, 5.41) is 28.6. The number of cyclic esters (lactones) is 2. The van der Waals surface area contributed by atoms with Crippen LogP contribution in [0, 0.1) is 0 Å². The molecule has 0 bridgehead atoms. The number of halogens is 1. The van der Waals surface area contributed by atoms with Gasteiger partial charge in [0, 0.05) is 13.1 Å². The lowest BCUT2D eigenvalue weighted by Gasteiger charge is -2.22. The molecule has 3 rings (SSSR count). The Labute approximate surface area is 212 Å². The molecular weight excluding hydrogens is 482 g/mol. The average Bonchev–Trinajstić information content (AvgIpc) is 3.45. The Morgan fingerprint density at radius 3 is 2.03 bits per heavy atom. The molecule has 6 N–H and O–H groups in total. The number of ether oxygens (including phenoxy) is 4. The summed E-state index contributed by atoms with van der Waals surface area (Å²) in [5.74, 6) is -1.32. The van der Waals surface area contributed by atoms with Crippen molar-refractivity contribution in [1.29, 1.82) is 0 Å². The minimum Gasteiger partial charge on any atom is -0.450 e. The molecule has 0 aromatic heterocycles. The quantitative estimate of drug-likeness (QED) is 0.217. The number of nitrogens with two attached hydrogens (primary N) is 1. The zero-order chi connectivity index (χ0) is 26.8. The second-order valence-electron chi connectivity index (χ2n) is 8.70. The number of hydrogen-bond acceptors (Lipinski definition) is 11. The summed E-state index contributed by atoms with van der Waals surface area (Å²) in [4.78, 5) is 22.9. The van der Waals surface area contributed by atoms with Gasteiger partial charge in [0.25, 0.3) is 0 Å². The third-order valence-corrected chi connectivity index (χ3v) is 5.49. The molecule has 0 spiro atoms. The molecule has 35 heavy (non-hydrogen) atoms. The molecular formula is C23H40ClN3O8. The summed E-state index contributed by atoms with van der Waals surface area (Å²) in [6.45, 7) is 12.8. The van der Waals surface area contributed by atoms with E-state index >= 15 is 0 Å². The lowest BCUT2D eigenvalue weighted by atomic mass is 10.1. The molecule has 3 aliphatic rings. The van der Waals surface area contributed by atoms with E-state index in [4.69, 9.17) is 24.1 Å². The number of nitrogens with one attached hydrogen (secondary N) is 2. The second kappa shape index (κ2) is 14.6. The molecule has 1 fully saturated rings. The molecule has 3 aliphatic heterocycles. The maximum atomic E-state index is 11.7. The van der Waals surface area contributed by atoms with Gasteiger partial charge in [-0.25, -0.2) is 14.8 Å². The maximum absolute atomic E-state index is 11.7. The van der Waals surface area contributed by atoms with Gasteiger partial charge in [0.2, 0.25) is 0 Å². The van der Waals surface area contributed by atoms with E-state index in [9.17, 15) is 14.7 Å².